The molecule has 10 heteroatoms. The maximum absolute atomic E-state index is 12.8. The molecule has 0 saturated carbocycles. The number of methoxy groups -OCH3 is 1. The van der Waals surface area contributed by atoms with Crippen LogP contribution in [0.2, 0.25) is 0 Å². The van der Waals surface area contributed by atoms with Crippen LogP contribution in [-0.4, -0.2) is 44.1 Å². The molecule has 2 aromatic heterocycles. The van der Waals surface area contributed by atoms with Gasteiger partial charge in [0.15, 0.2) is 5.16 Å². The molecule has 3 rings (SSSR count). The lowest BCUT2D eigenvalue weighted by Gasteiger charge is -2.12. The monoisotopic (exact) mass is 415 g/mol. The van der Waals surface area contributed by atoms with E-state index < -0.39 is 5.97 Å². The Morgan fingerprint density at radius 1 is 1.24 bits per heavy atom. The van der Waals surface area contributed by atoms with Gasteiger partial charge in [-0.15, -0.1) is 0 Å². The fraction of sp³-hybridized carbons (Fsp3) is 0.316. The Hall–Kier alpha value is -3.14. The van der Waals surface area contributed by atoms with Crippen molar-refractivity contribution < 1.29 is 14.3 Å². The van der Waals surface area contributed by atoms with E-state index in [2.05, 4.69) is 20.1 Å². The van der Waals surface area contributed by atoms with Crippen LogP contribution >= 0.6 is 11.8 Å². The Labute approximate surface area is 171 Å². The van der Waals surface area contributed by atoms with E-state index in [0.29, 0.717) is 16.6 Å². The van der Waals surface area contributed by atoms with Crippen LogP contribution in [0.25, 0.3) is 10.9 Å². The zero-order chi connectivity index (χ0) is 21.1. The molecule has 1 amide bonds. The van der Waals surface area contributed by atoms with E-state index in [1.807, 2.05) is 13.8 Å². The number of esters is 1. The molecule has 2 heterocycles. The Morgan fingerprint density at radius 2 is 1.97 bits per heavy atom. The van der Waals surface area contributed by atoms with Gasteiger partial charge in [0, 0.05) is 7.05 Å². The zero-order valence-corrected chi connectivity index (χ0v) is 17.4. The first-order chi connectivity index (χ1) is 13.8. The minimum Gasteiger partial charge on any atom is -0.468 e. The van der Waals surface area contributed by atoms with Gasteiger partial charge >= 0.3 is 5.97 Å². The summed E-state index contributed by atoms with van der Waals surface area (Å²) < 4.78 is 7.61. The van der Waals surface area contributed by atoms with Crippen LogP contribution < -0.4 is 10.9 Å². The molecule has 0 saturated heterocycles. The first-order valence-corrected chi connectivity index (χ1v) is 9.79. The van der Waals surface area contributed by atoms with Crippen LogP contribution in [-0.2, 0) is 27.9 Å². The Balaban J connectivity index is 1.86. The number of hydrogen-bond donors (Lipinski definition) is 1. The molecule has 0 fully saturated rings. The highest BCUT2D eigenvalue weighted by atomic mass is 32.2. The molecule has 9 nitrogen and oxygen atoms in total. The number of carbonyl (C=O) groups is 2. The molecule has 29 heavy (non-hydrogen) atoms. The number of aryl methyl sites for hydroxylation is 2. The summed E-state index contributed by atoms with van der Waals surface area (Å²) in [6.45, 7) is 3.40. The van der Waals surface area contributed by atoms with Gasteiger partial charge in [0.05, 0.1) is 40.8 Å². The molecule has 152 valence electrons. The summed E-state index contributed by atoms with van der Waals surface area (Å²) in [6, 6.07) is 6.86. The van der Waals surface area contributed by atoms with Gasteiger partial charge in [0.25, 0.3) is 5.56 Å². The molecular weight excluding hydrogens is 394 g/mol. The van der Waals surface area contributed by atoms with Gasteiger partial charge in [-0.1, -0.05) is 23.9 Å². The number of thioether (sulfide) groups is 1. The number of carbonyl (C=O) groups excluding carboxylic acids is 2. The average molecular weight is 415 g/mol. The number of aromatic nitrogens is 4. The second-order valence-corrected chi connectivity index (χ2v) is 7.33. The lowest BCUT2D eigenvalue weighted by atomic mass is 10.2. The minimum absolute atomic E-state index is 0.0136. The van der Waals surface area contributed by atoms with Gasteiger partial charge < -0.3 is 10.1 Å². The highest BCUT2D eigenvalue weighted by Gasteiger charge is 2.17. The molecule has 0 spiro atoms. The fourth-order valence-corrected chi connectivity index (χ4v) is 3.65. The van der Waals surface area contributed by atoms with E-state index >= 15 is 0 Å². The number of benzene rings is 1. The largest absolute Gasteiger partial charge is 0.468 e. The number of fused-ring (bicyclic) bond motifs is 1. The van der Waals surface area contributed by atoms with Crippen molar-refractivity contribution in [2.75, 3.05) is 18.2 Å². The van der Waals surface area contributed by atoms with Crippen LogP contribution in [0, 0.1) is 13.8 Å². The van der Waals surface area contributed by atoms with Crippen molar-refractivity contribution in [3.05, 3.63) is 46.0 Å². The van der Waals surface area contributed by atoms with E-state index in [4.69, 9.17) is 0 Å². The number of nitrogens with one attached hydrogen (secondary N) is 1. The highest BCUT2D eigenvalue weighted by Crippen LogP contribution is 2.21. The number of hydrogen-bond acceptors (Lipinski definition) is 7. The Morgan fingerprint density at radius 3 is 2.62 bits per heavy atom. The third-order valence-electron chi connectivity index (χ3n) is 4.45. The Kier molecular flexibility index (Phi) is 6.02. The topological polar surface area (TPSA) is 108 Å². The van der Waals surface area contributed by atoms with Crippen molar-refractivity contribution >= 4 is 40.2 Å². The highest BCUT2D eigenvalue weighted by molar-refractivity contribution is 7.99. The third-order valence-corrected chi connectivity index (χ3v) is 5.42. The van der Waals surface area contributed by atoms with Crippen molar-refractivity contribution in [1.82, 2.24) is 19.3 Å². The van der Waals surface area contributed by atoms with Gasteiger partial charge in [-0.2, -0.15) is 5.10 Å². The summed E-state index contributed by atoms with van der Waals surface area (Å²) in [5, 5.41) is 7.78. The van der Waals surface area contributed by atoms with Gasteiger partial charge in [0.1, 0.15) is 6.54 Å². The number of nitrogens with zero attached hydrogens (tertiary/aromatic N) is 4. The minimum atomic E-state index is -0.572. The summed E-state index contributed by atoms with van der Waals surface area (Å²) in [6.07, 6.45) is 0. The molecule has 1 N–H and O–H groups in total. The molecule has 0 aliphatic carbocycles. The van der Waals surface area contributed by atoms with Crippen LogP contribution in [0.15, 0.2) is 34.2 Å². The smallest absolute Gasteiger partial charge is 0.325 e. The SMILES string of the molecule is COC(=O)Cn1c(SCC(=O)Nc2c(C)nn(C)c2C)nc2ccccc2c1=O. The Bertz CT molecular complexity index is 1150. The maximum atomic E-state index is 12.8. The van der Waals surface area contributed by atoms with Crippen LogP contribution in [0.3, 0.4) is 0 Å². The number of ether oxygens (including phenoxy) is 1. The summed E-state index contributed by atoms with van der Waals surface area (Å²) in [4.78, 5) is 41.5. The van der Waals surface area contributed by atoms with Gasteiger partial charge in [0.2, 0.25) is 5.91 Å². The summed E-state index contributed by atoms with van der Waals surface area (Å²) in [5.41, 5.74) is 2.36. The lowest BCUT2D eigenvalue weighted by molar-refractivity contribution is -0.141. The van der Waals surface area contributed by atoms with Gasteiger partial charge in [-0.25, -0.2) is 4.98 Å². The van der Waals surface area contributed by atoms with Crippen LogP contribution in [0.1, 0.15) is 11.4 Å². The van der Waals surface area contributed by atoms with Gasteiger partial charge in [-0.3, -0.25) is 23.6 Å². The number of rotatable bonds is 6. The molecule has 0 bridgehead atoms. The van der Waals surface area contributed by atoms with Crippen molar-refractivity contribution in [2.24, 2.45) is 7.05 Å². The molecule has 0 atom stereocenters. The molecule has 3 aromatic rings. The van der Waals surface area contributed by atoms with Crippen molar-refractivity contribution in [1.29, 1.82) is 0 Å². The second kappa shape index (κ2) is 8.48. The van der Waals surface area contributed by atoms with Crippen LogP contribution in [0.4, 0.5) is 5.69 Å². The molecule has 0 unspecified atom stereocenters. The number of anilines is 1. The van der Waals surface area contributed by atoms with Crippen molar-refractivity contribution in [3.8, 4) is 0 Å². The normalized spacial score (nSPS) is 10.9. The van der Waals surface area contributed by atoms with E-state index in [9.17, 15) is 14.4 Å². The van der Waals surface area contributed by atoms with E-state index in [-0.39, 0.29) is 28.9 Å². The number of amides is 1. The molecule has 0 radical (unpaired) electrons. The predicted octanol–water partition coefficient (Wildman–Crippen LogP) is 1.65. The van der Waals surface area contributed by atoms with Crippen LogP contribution in [0.5, 0.6) is 0 Å². The van der Waals surface area contributed by atoms with Crippen molar-refractivity contribution in [3.63, 3.8) is 0 Å². The standard InChI is InChI=1S/C19H21N5O4S/c1-11-17(12(2)23(3)22-11)21-15(25)10-29-19-20-14-8-6-5-7-13(14)18(27)24(19)9-16(26)28-4/h5-8H,9-10H2,1-4H3,(H,21,25). The van der Waals surface area contributed by atoms with Crippen molar-refractivity contribution in [2.45, 2.75) is 25.5 Å². The molecule has 1 aromatic carbocycles. The second-order valence-electron chi connectivity index (χ2n) is 6.39. The number of para-hydroxylation sites is 1. The first-order valence-electron chi connectivity index (χ1n) is 8.81. The quantitative estimate of drug-likeness (QED) is 0.370. The summed E-state index contributed by atoms with van der Waals surface area (Å²) in [7, 11) is 3.05. The molecular formula is C19H21N5O4S. The maximum Gasteiger partial charge on any atom is 0.325 e. The predicted molar refractivity (Wildman–Crippen MR) is 110 cm³/mol. The average Bonchev–Trinajstić information content (AvgIpc) is 2.94. The van der Waals surface area contributed by atoms with E-state index in [1.54, 1.807) is 36.0 Å². The van der Waals surface area contributed by atoms with Gasteiger partial charge in [-0.05, 0) is 26.0 Å². The fourth-order valence-electron chi connectivity index (χ4n) is 2.85. The van der Waals surface area contributed by atoms with E-state index in [0.717, 1.165) is 23.1 Å². The summed E-state index contributed by atoms with van der Waals surface area (Å²) >= 11 is 1.08. The summed E-state index contributed by atoms with van der Waals surface area (Å²) in [5.74, 6) is -0.821. The lowest BCUT2D eigenvalue weighted by Crippen LogP contribution is -2.28. The molecule has 0 aliphatic heterocycles. The first kappa shape index (κ1) is 20.6. The zero-order valence-electron chi connectivity index (χ0n) is 16.6. The molecule has 0 aliphatic rings. The third kappa shape index (κ3) is 4.32. The van der Waals surface area contributed by atoms with E-state index in [1.165, 1.54) is 11.7 Å².